The summed E-state index contributed by atoms with van der Waals surface area (Å²) in [5, 5.41) is 15.1. The van der Waals surface area contributed by atoms with Crippen LogP contribution in [0.3, 0.4) is 0 Å². The van der Waals surface area contributed by atoms with Crippen molar-refractivity contribution in [2.45, 2.75) is 38.8 Å². The fraction of sp³-hybridized carbons (Fsp3) is 0.350. The van der Waals surface area contributed by atoms with Crippen LogP contribution in [0.15, 0.2) is 29.4 Å². The third-order valence-electron chi connectivity index (χ3n) is 4.52. The number of aromatic nitrogens is 4. The Morgan fingerprint density at radius 1 is 1.13 bits per heavy atom. The van der Waals surface area contributed by atoms with E-state index in [-0.39, 0.29) is 24.0 Å². The van der Waals surface area contributed by atoms with E-state index in [4.69, 9.17) is 0 Å². The molecule has 2 heterocycles. The van der Waals surface area contributed by atoms with Gasteiger partial charge in [0.05, 0.1) is 17.9 Å². The third-order valence-corrected chi connectivity index (χ3v) is 6.53. The summed E-state index contributed by atoms with van der Waals surface area (Å²) in [5.41, 5.74) is 2.81. The van der Waals surface area contributed by atoms with Crippen LogP contribution in [0.25, 0.3) is 0 Å². The summed E-state index contributed by atoms with van der Waals surface area (Å²) in [5.74, 6) is 0.401. The van der Waals surface area contributed by atoms with Crippen LogP contribution in [0.2, 0.25) is 0 Å². The van der Waals surface area contributed by atoms with Gasteiger partial charge in [-0.1, -0.05) is 36.9 Å². The normalized spacial score (nSPS) is 10.8. The molecule has 0 radical (unpaired) electrons. The number of aryl methyl sites for hydroxylation is 3. The number of carbonyl (C=O) groups is 2. The highest BCUT2D eigenvalue weighted by molar-refractivity contribution is 7.99. The van der Waals surface area contributed by atoms with Gasteiger partial charge in [0.25, 0.3) is 0 Å². The molecule has 10 heteroatoms. The fourth-order valence-corrected chi connectivity index (χ4v) is 4.29. The molecule has 0 bridgehead atoms. The van der Waals surface area contributed by atoms with Crippen molar-refractivity contribution in [1.82, 2.24) is 19.7 Å². The molecule has 0 fully saturated rings. The number of anilines is 2. The van der Waals surface area contributed by atoms with Gasteiger partial charge in [0.15, 0.2) is 10.3 Å². The number of carbonyl (C=O) groups excluding carboxylic acids is 2. The van der Waals surface area contributed by atoms with Gasteiger partial charge in [-0.15, -0.1) is 21.5 Å². The number of hydrogen-bond acceptors (Lipinski definition) is 7. The molecule has 0 saturated carbocycles. The Labute approximate surface area is 183 Å². The van der Waals surface area contributed by atoms with Gasteiger partial charge in [-0.2, -0.15) is 0 Å². The molecule has 0 unspecified atom stereocenters. The molecule has 3 rings (SSSR count). The van der Waals surface area contributed by atoms with Gasteiger partial charge in [0.2, 0.25) is 11.8 Å². The van der Waals surface area contributed by atoms with E-state index in [1.807, 2.05) is 45.0 Å². The lowest BCUT2D eigenvalue weighted by molar-refractivity contribution is -0.116. The van der Waals surface area contributed by atoms with E-state index in [9.17, 15) is 9.59 Å². The van der Waals surface area contributed by atoms with Gasteiger partial charge in [-0.05, 0) is 31.9 Å². The maximum atomic E-state index is 12.4. The zero-order chi connectivity index (χ0) is 21.7. The van der Waals surface area contributed by atoms with Crippen LogP contribution < -0.4 is 10.6 Å². The predicted octanol–water partition coefficient (Wildman–Crippen LogP) is 3.36. The SMILES string of the molecule is CCc1ccccc1NC(=O)Cc1nnc(SCC(=O)Nc2nc(C)c(C)s2)n1C. The Balaban J connectivity index is 1.55. The number of nitrogens with zero attached hydrogens (tertiary/aromatic N) is 4. The van der Waals surface area contributed by atoms with Crippen molar-refractivity contribution in [3.63, 3.8) is 0 Å². The number of nitrogens with one attached hydrogen (secondary N) is 2. The molecule has 0 aliphatic heterocycles. The molecular formula is C20H24N6O2S2. The first-order valence-corrected chi connectivity index (χ1v) is 11.3. The van der Waals surface area contributed by atoms with Gasteiger partial charge in [0, 0.05) is 17.6 Å². The summed E-state index contributed by atoms with van der Waals surface area (Å²) in [6.07, 6.45) is 0.940. The smallest absolute Gasteiger partial charge is 0.236 e. The molecule has 0 aliphatic rings. The van der Waals surface area contributed by atoms with Gasteiger partial charge in [0.1, 0.15) is 5.82 Å². The van der Waals surface area contributed by atoms with Crippen molar-refractivity contribution in [2.75, 3.05) is 16.4 Å². The third kappa shape index (κ3) is 5.45. The van der Waals surface area contributed by atoms with Crippen molar-refractivity contribution in [2.24, 2.45) is 7.05 Å². The fourth-order valence-electron chi connectivity index (χ4n) is 2.72. The van der Waals surface area contributed by atoms with E-state index < -0.39 is 0 Å². The number of thioether (sulfide) groups is 1. The van der Waals surface area contributed by atoms with Crippen LogP contribution in [0, 0.1) is 13.8 Å². The number of para-hydroxylation sites is 1. The standard InChI is InChI=1S/C20H24N6O2S2/c1-5-14-8-6-7-9-15(14)22-17(27)10-16-24-25-20(26(16)4)29-11-18(28)23-19-21-12(2)13(3)30-19/h6-9H,5,10-11H2,1-4H3,(H,22,27)(H,21,23,28). The quantitative estimate of drug-likeness (QED) is 0.517. The Hall–Kier alpha value is -2.72. The number of hydrogen-bond donors (Lipinski definition) is 2. The van der Waals surface area contributed by atoms with E-state index in [1.165, 1.54) is 23.1 Å². The second kappa shape index (κ2) is 9.86. The minimum absolute atomic E-state index is 0.103. The van der Waals surface area contributed by atoms with Crippen LogP contribution in [0.4, 0.5) is 10.8 Å². The first-order chi connectivity index (χ1) is 14.4. The van der Waals surface area contributed by atoms with E-state index in [2.05, 4.69) is 25.8 Å². The topological polar surface area (TPSA) is 102 Å². The molecule has 30 heavy (non-hydrogen) atoms. The van der Waals surface area contributed by atoms with Crippen LogP contribution in [-0.2, 0) is 29.5 Å². The van der Waals surface area contributed by atoms with Crippen molar-refractivity contribution in [3.05, 3.63) is 46.2 Å². The Bertz CT molecular complexity index is 1040. The van der Waals surface area contributed by atoms with Gasteiger partial charge in [-0.3, -0.25) is 9.59 Å². The van der Waals surface area contributed by atoms with E-state index in [0.29, 0.717) is 16.1 Å². The highest BCUT2D eigenvalue weighted by Gasteiger charge is 2.16. The Kier molecular flexibility index (Phi) is 7.22. The van der Waals surface area contributed by atoms with E-state index >= 15 is 0 Å². The number of amides is 2. The first kappa shape index (κ1) is 22.0. The summed E-state index contributed by atoms with van der Waals surface area (Å²) < 4.78 is 1.74. The zero-order valence-corrected chi connectivity index (χ0v) is 19.0. The summed E-state index contributed by atoms with van der Waals surface area (Å²) in [7, 11) is 1.79. The summed E-state index contributed by atoms with van der Waals surface area (Å²) in [4.78, 5) is 30.0. The molecule has 3 aromatic rings. The average molecular weight is 445 g/mol. The zero-order valence-electron chi connectivity index (χ0n) is 17.4. The van der Waals surface area contributed by atoms with Crippen LogP contribution in [0.1, 0.15) is 28.9 Å². The van der Waals surface area contributed by atoms with E-state index in [1.54, 1.807) is 11.6 Å². The van der Waals surface area contributed by atoms with Gasteiger partial charge in [-0.25, -0.2) is 4.98 Å². The Morgan fingerprint density at radius 3 is 2.60 bits per heavy atom. The summed E-state index contributed by atoms with van der Waals surface area (Å²) in [6.45, 7) is 5.92. The molecule has 2 amide bonds. The second-order valence-electron chi connectivity index (χ2n) is 6.69. The molecule has 0 aliphatic carbocycles. The molecule has 1 aromatic carbocycles. The van der Waals surface area contributed by atoms with Crippen molar-refractivity contribution >= 4 is 45.7 Å². The highest BCUT2D eigenvalue weighted by atomic mass is 32.2. The maximum absolute atomic E-state index is 12.4. The predicted molar refractivity (Wildman–Crippen MR) is 120 cm³/mol. The largest absolute Gasteiger partial charge is 0.325 e. The lowest BCUT2D eigenvalue weighted by Crippen LogP contribution is -2.18. The second-order valence-corrected chi connectivity index (χ2v) is 8.84. The van der Waals surface area contributed by atoms with Crippen molar-refractivity contribution in [3.8, 4) is 0 Å². The molecule has 0 saturated heterocycles. The van der Waals surface area contributed by atoms with Crippen LogP contribution in [-0.4, -0.2) is 37.3 Å². The molecular weight excluding hydrogens is 420 g/mol. The highest BCUT2D eigenvalue weighted by Crippen LogP contribution is 2.22. The number of thiazole rings is 1. The number of rotatable bonds is 8. The summed E-state index contributed by atoms with van der Waals surface area (Å²) >= 11 is 2.72. The molecule has 0 spiro atoms. The maximum Gasteiger partial charge on any atom is 0.236 e. The molecule has 158 valence electrons. The average Bonchev–Trinajstić information content (AvgIpc) is 3.21. The van der Waals surface area contributed by atoms with Gasteiger partial charge < -0.3 is 15.2 Å². The lowest BCUT2D eigenvalue weighted by atomic mass is 10.1. The van der Waals surface area contributed by atoms with Crippen molar-refractivity contribution in [1.29, 1.82) is 0 Å². The number of benzene rings is 1. The first-order valence-electron chi connectivity index (χ1n) is 9.50. The molecule has 8 nitrogen and oxygen atoms in total. The van der Waals surface area contributed by atoms with Crippen LogP contribution in [0.5, 0.6) is 0 Å². The van der Waals surface area contributed by atoms with Crippen LogP contribution >= 0.6 is 23.1 Å². The molecule has 2 aromatic heterocycles. The molecule has 0 atom stereocenters. The van der Waals surface area contributed by atoms with Crippen molar-refractivity contribution < 1.29 is 9.59 Å². The minimum Gasteiger partial charge on any atom is -0.325 e. The van der Waals surface area contributed by atoms with E-state index in [0.717, 1.165) is 28.2 Å². The summed E-state index contributed by atoms with van der Waals surface area (Å²) in [6, 6.07) is 7.73. The Morgan fingerprint density at radius 2 is 1.90 bits per heavy atom. The molecule has 2 N–H and O–H groups in total. The lowest BCUT2D eigenvalue weighted by Gasteiger charge is -2.09. The minimum atomic E-state index is -0.160. The van der Waals surface area contributed by atoms with Gasteiger partial charge >= 0.3 is 0 Å². The monoisotopic (exact) mass is 444 g/mol.